The number of hydrogen-bond donors (Lipinski definition) is 0. The molecule has 1 aliphatic heterocycles. The topological polar surface area (TPSA) is 68.1 Å². The lowest BCUT2D eigenvalue weighted by Gasteiger charge is -2.12. The van der Waals surface area contributed by atoms with E-state index >= 15 is 0 Å². The van der Waals surface area contributed by atoms with E-state index in [-0.39, 0.29) is 17.6 Å². The van der Waals surface area contributed by atoms with E-state index in [9.17, 15) is 9.59 Å². The van der Waals surface area contributed by atoms with Gasteiger partial charge in [-0.1, -0.05) is 0 Å². The Hall–Kier alpha value is -2.02. The second-order valence-electron chi connectivity index (χ2n) is 4.91. The van der Waals surface area contributed by atoms with Gasteiger partial charge in [0.05, 0.1) is 17.2 Å². The van der Waals surface area contributed by atoms with Crippen LogP contribution in [0.1, 0.15) is 33.3 Å². The molecule has 0 spiro atoms. The normalized spacial score (nSPS) is 15.5. The van der Waals surface area contributed by atoms with Crippen molar-refractivity contribution in [1.29, 1.82) is 0 Å². The van der Waals surface area contributed by atoms with Crippen LogP contribution in [0.2, 0.25) is 0 Å². The van der Waals surface area contributed by atoms with Crippen molar-refractivity contribution in [1.82, 2.24) is 19.4 Å². The van der Waals surface area contributed by atoms with Crippen LogP contribution in [0.15, 0.2) is 23.3 Å². The quantitative estimate of drug-likeness (QED) is 0.848. The van der Waals surface area contributed by atoms with Crippen LogP contribution in [0.4, 0.5) is 0 Å². The molecule has 6 nitrogen and oxygen atoms in total. The minimum absolute atomic E-state index is 0.0321. The second kappa shape index (κ2) is 4.82. The Morgan fingerprint density at radius 2 is 2.25 bits per heavy atom. The molecule has 2 aromatic heterocycles. The summed E-state index contributed by atoms with van der Waals surface area (Å²) in [5.74, 6) is 0.0370. The monoisotopic (exact) mass is 290 g/mol. The van der Waals surface area contributed by atoms with E-state index in [1.54, 1.807) is 28.8 Å². The smallest absolute Gasteiger partial charge is 0.335 e. The fourth-order valence-electron chi connectivity index (χ4n) is 2.29. The first-order valence-corrected chi connectivity index (χ1v) is 7.15. The van der Waals surface area contributed by atoms with Gasteiger partial charge < -0.3 is 4.90 Å². The zero-order chi connectivity index (χ0) is 14.3. The number of thiazole rings is 1. The Kier molecular flexibility index (Phi) is 3.13. The Morgan fingerprint density at radius 1 is 1.45 bits per heavy atom. The summed E-state index contributed by atoms with van der Waals surface area (Å²) in [7, 11) is 1.77. The van der Waals surface area contributed by atoms with E-state index in [0.717, 1.165) is 15.6 Å². The van der Waals surface area contributed by atoms with Crippen molar-refractivity contribution in [2.45, 2.75) is 25.9 Å². The number of fused-ring (bicyclic) bond motifs is 1. The van der Waals surface area contributed by atoms with Crippen molar-refractivity contribution < 1.29 is 4.79 Å². The van der Waals surface area contributed by atoms with E-state index in [1.165, 1.54) is 17.5 Å². The van der Waals surface area contributed by atoms with Gasteiger partial charge in [-0.05, 0) is 13.0 Å². The van der Waals surface area contributed by atoms with Crippen LogP contribution in [-0.2, 0) is 13.0 Å². The fraction of sp³-hybridized carbons (Fsp3) is 0.385. The Bertz CT molecular complexity index is 721. The molecule has 0 saturated carbocycles. The van der Waals surface area contributed by atoms with E-state index in [4.69, 9.17) is 0 Å². The minimum Gasteiger partial charge on any atom is -0.335 e. The lowest BCUT2D eigenvalue weighted by molar-refractivity contribution is 0.0819. The number of carbonyl (C=O) groups is 1. The molecule has 1 unspecified atom stereocenters. The molecule has 104 valence electrons. The molecule has 0 aromatic carbocycles. The summed E-state index contributed by atoms with van der Waals surface area (Å²) in [5.41, 5.74) is 0.586. The molecular formula is C13H14N4O2S. The summed E-state index contributed by atoms with van der Waals surface area (Å²) < 4.78 is 1.58. The van der Waals surface area contributed by atoms with Crippen molar-refractivity contribution in [2.24, 2.45) is 0 Å². The van der Waals surface area contributed by atoms with Crippen molar-refractivity contribution in [3.05, 3.63) is 44.5 Å². The summed E-state index contributed by atoms with van der Waals surface area (Å²) in [6, 6.07) is 1.70. The van der Waals surface area contributed by atoms with Gasteiger partial charge in [0.2, 0.25) is 0 Å². The van der Waals surface area contributed by atoms with Crippen molar-refractivity contribution in [3.63, 3.8) is 0 Å². The van der Waals surface area contributed by atoms with Gasteiger partial charge in [-0.25, -0.2) is 14.8 Å². The lowest BCUT2D eigenvalue weighted by Crippen LogP contribution is -2.25. The summed E-state index contributed by atoms with van der Waals surface area (Å²) in [6.07, 6.45) is 3.83. The summed E-state index contributed by atoms with van der Waals surface area (Å²) in [4.78, 5) is 34.2. The van der Waals surface area contributed by atoms with Crippen LogP contribution < -0.4 is 5.69 Å². The van der Waals surface area contributed by atoms with Gasteiger partial charge in [-0.2, -0.15) is 0 Å². The predicted molar refractivity (Wildman–Crippen MR) is 74.8 cm³/mol. The number of rotatable bonds is 3. The van der Waals surface area contributed by atoms with Crippen molar-refractivity contribution in [3.8, 4) is 0 Å². The molecule has 20 heavy (non-hydrogen) atoms. The third-order valence-electron chi connectivity index (χ3n) is 3.35. The Balaban J connectivity index is 1.82. The zero-order valence-corrected chi connectivity index (χ0v) is 12.1. The third kappa shape index (κ3) is 2.14. The molecule has 7 heteroatoms. The maximum absolute atomic E-state index is 11.9. The van der Waals surface area contributed by atoms with Crippen LogP contribution in [-0.4, -0.2) is 32.4 Å². The number of aromatic nitrogens is 3. The number of amides is 1. The zero-order valence-electron chi connectivity index (χ0n) is 11.2. The Labute approximate surface area is 119 Å². The first-order chi connectivity index (χ1) is 9.56. The SMILES string of the molecule is CC(Cc1nc2c(s1)C(=O)N(C)C2)n1cccnc1=O. The predicted octanol–water partition coefficient (Wildman–Crippen LogP) is 1.09. The summed E-state index contributed by atoms with van der Waals surface area (Å²) in [5, 5.41) is 0.889. The third-order valence-corrected chi connectivity index (χ3v) is 4.46. The highest BCUT2D eigenvalue weighted by molar-refractivity contribution is 7.13. The number of hydrogen-bond acceptors (Lipinski definition) is 5. The molecule has 2 aromatic rings. The molecule has 1 amide bonds. The number of carbonyl (C=O) groups excluding carboxylic acids is 1. The number of nitrogens with zero attached hydrogens (tertiary/aromatic N) is 4. The molecule has 1 atom stereocenters. The van der Waals surface area contributed by atoms with Crippen LogP contribution in [0.5, 0.6) is 0 Å². The van der Waals surface area contributed by atoms with E-state index in [0.29, 0.717) is 13.0 Å². The van der Waals surface area contributed by atoms with Gasteiger partial charge in [0, 0.05) is 31.9 Å². The second-order valence-corrected chi connectivity index (χ2v) is 5.99. The maximum atomic E-state index is 11.9. The van der Waals surface area contributed by atoms with Crippen molar-refractivity contribution >= 4 is 17.2 Å². The van der Waals surface area contributed by atoms with E-state index in [1.807, 2.05) is 6.92 Å². The molecule has 1 aliphatic rings. The van der Waals surface area contributed by atoms with Crippen LogP contribution in [0.3, 0.4) is 0 Å². The first kappa shape index (κ1) is 13.0. The van der Waals surface area contributed by atoms with Gasteiger partial charge >= 0.3 is 5.69 Å². The Morgan fingerprint density at radius 3 is 2.95 bits per heavy atom. The molecule has 0 N–H and O–H groups in total. The molecule has 0 bridgehead atoms. The largest absolute Gasteiger partial charge is 0.347 e. The van der Waals surface area contributed by atoms with Gasteiger partial charge in [0.15, 0.2) is 0 Å². The fourth-order valence-corrected chi connectivity index (χ4v) is 3.47. The maximum Gasteiger partial charge on any atom is 0.347 e. The average Bonchev–Trinajstić information content (AvgIpc) is 2.90. The van der Waals surface area contributed by atoms with Crippen molar-refractivity contribution in [2.75, 3.05) is 7.05 Å². The highest BCUT2D eigenvalue weighted by atomic mass is 32.1. The van der Waals surface area contributed by atoms with Gasteiger partial charge in [-0.3, -0.25) is 9.36 Å². The average molecular weight is 290 g/mol. The summed E-state index contributed by atoms with van der Waals surface area (Å²) >= 11 is 1.42. The van der Waals surface area contributed by atoms with Crippen LogP contribution in [0.25, 0.3) is 0 Å². The van der Waals surface area contributed by atoms with Gasteiger partial charge in [0.25, 0.3) is 5.91 Å². The highest BCUT2D eigenvalue weighted by Gasteiger charge is 2.29. The minimum atomic E-state index is -0.264. The molecule has 0 fully saturated rings. The molecule has 0 aliphatic carbocycles. The molecule has 3 heterocycles. The van der Waals surface area contributed by atoms with Gasteiger partial charge in [-0.15, -0.1) is 11.3 Å². The van der Waals surface area contributed by atoms with Crippen LogP contribution in [0, 0.1) is 0 Å². The summed E-state index contributed by atoms with van der Waals surface area (Å²) in [6.45, 7) is 2.52. The van der Waals surface area contributed by atoms with Crippen LogP contribution >= 0.6 is 11.3 Å². The van der Waals surface area contributed by atoms with E-state index in [2.05, 4.69) is 9.97 Å². The first-order valence-electron chi connectivity index (χ1n) is 6.33. The lowest BCUT2D eigenvalue weighted by atomic mass is 10.2. The molecule has 3 rings (SSSR count). The molecular weight excluding hydrogens is 276 g/mol. The standard InChI is InChI=1S/C13H14N4O2S/c1-8(17-5-3-4-14-13(17)19)6-10-15-9-7-16(2)12(18)11(9)20-10/h3-5,8H,6-7H2,1-2H3. The highest BCUT2D eigenvalue weighted by Crippen LogP contribution is 2.28. The molecule has 0 radical (unpaired) electrons. The van der Waals surface area contributed by atoms with E-state index < -0.39 is 0 Å². The van der Waals surface area contributed by atoms with Gasteiger partial charge in [0.1, 0.15) is 4.88 Å². The molecule has 0 saturated heterocycles.